The first-order valence-corrected chi connectivity index (χ1v) is 12.1. The second-order valence-electron chi connectivity index (χ2n) is 8.13. The van der Waals surface area contributed by atoms with Crippen LogP contribution in [0.25, 0.3) is 17.3 Å². The predicted octanol–water partition coefficient (Wildman–Crippen LogP) is 6.25. The van der Waals surface area contributed by atoms with Crippen LogP contribution in [0.2, 0.25) is 0 Å². The van der Waals surface area contributed by atoms with Crippen molar-refractivity contribution in [3.8, 4) is 22.8 Å². The highest BCUT2D eigenvalue weighted by Crippen LogP contribution is 2.22. The number of benzene rings is 2. The zero-order chi connectivity index (χ0) is 24.7. The molecule has 0 aliphatic rings. The van der Waals surface area contributed by atoms with Gasteiger partial charge in [-0.2, -0.15) is 10.2 Å². The lowest BCUT2D eigenvalue weighted by Gasteiger charge is -2.06. The summed E-state index contributed by atoms with van der Waals surface area (Å²) >= 11 is 0. The van der Waals surface area contributed by atoms with E-state index in [1.807, 2.05) is 54.6 Å². The molecule has 7 heteroatoms. The van der Waals surface area contributed by atoms with Crippen LogP contribution in [0, 0.1) is 0 Å². The van der Waals surface area contributed by atoms with Crippen molar-refractivity contribution >= 4 is 18.2 Å². The van der Waals surface area contributed by atoms with Crippen LogP contribution >= 0.6 is 0 Å². The molecule has 1 heterocycles. The van der Waals surface area contributed by atoms with Gasteiger partial charge in [-0.1, -0.05) is 57.2 Å². The van der Waals surface area contributed by atoms with E-state index in [9.17, 15) is 4.79 Å². The molecule has 0 atom stereocenters. The molecule has 0 bridgehead atoms. The SMILES string of the molecule is CCCCCCCCOc1ccc(-c2cc(C(=O)N/N=C\C=C\c3ccccc3OC)[nH]n2)cc1. The van der Waals surface area contributed by atoms with Crippen LogP contribution in [-0.2, 0) is 0 Å². The Kier molecular flexibility index (Phi) is 10.6. The fourth-order valence-electron chi connectivity index (χ4n) is 3.53. The number of hydrazone groups is 1. The van der Waals surface area contributed by atoms with Gasteiger partial charge in [0, 0.05) is 17.3 Å². The molecule has 3 rings (SSSR count). The molecule has 0 saturated carbocycles. The number of allylic oxidation sites excluding steroid dienone is 1. The van der Waals surface area contributed by atoms with E-state index in [0.717, 1.165) is 35.7 Å². The number of methoxy groups -OCH3 is 1. The fraction of sp³-hybridized carbons (Fsp3) is 0.321. The predicted molar refractivity (Wildman–Crippen MR) is 141 cm³/mol. The zero-order valence-electron chi connectivity index (χ0n) is 20.5. The summed E-state index contributed by atoms with van der Waals surface area (Å²) in [5, 5.41) is 11.0. The molecular weight excluding hydrogens is 440 g/mol. The molecule has 3 aromatic rings. The van der Waals surface area contributed by atoms with E-state index in [4.69, 9.17) is 9.47 Å². The van der Waals surface area contributed by atoms with Gasteiger partial charge in [0.1, 0.15) is 17.2 Å². The van der Waals surface area contributed by atoms with Crippen molar-refractivity contribution in [1.29, 1.82) is 0 Å². The quantitative estimate of drug-likeness (QED) is 0.164. The first-order chi connectivity index (χ1) is 17.2. The molecule has 2 aromatic carbocycles. The Morgan fingerprint density at radius 1 is 1.06 bits per heavy atom. The monoisotopic (exact) mass is 474 g/mol. The first kappa shape index (κ1) is 25.7. The largest absolute Gasteiger partial charge is 0.496 e. The Balaban J connectivity index is 1.44. The fourth-order valence-corrected chi connectivity index (χ4v) is 3.53. The van der Waals surface area contributed by atoms with E-state index in [0.29, 0.717) is 11.4 Å². The smallest absolute Gasteiger partial charge is 0.289 e. The molecule has 0 fully saturated rings. The number of amides is 1. The Bertz CT molecular complexity index is 1100. The van der Waals surface area contributed by atoms with Crippen LogP contribution in [-0.4, -0.2) is 36.0 Å². The molecule has 0 aliphatic carbocycles. The molecular formula is C28H34N4O3. The van der Waals surface area contributed by atoms with Crippen LogP contribution in [0.4, 0.5) is 0 Å². The highest BCUT2D eigenvalue weighted by Gasteiger charge is 2.10. The van der Waals surface area contributed by atoms with Crippen molar-refractivity contribution in [1.82, 2.24) is 15.6 Å². The molecule has 0 aliphatic heterocycles. The summed E-state index contributed by atoms with van der Waals surface area (Å²) in [5.41, 5.74) is 5.32. The number of carbonyl (C=O) groups excluding carboxylic acids is 1. The summed E-state index contributed by atoms with van der Waals surface area (Å²) in [7, 11) is 1.62. The third-order valence-electron chi connectivity index (χ3n) is 5.48. The van der Waals surface area contributed by atoms with Gasteiger partial charge < -0.3 is 9.47 Å². The van der Waals surface area contributed by atoms with Crippen molar-refractivity contribution in [3.05, 3.63) is 71.9 Å². The lowest BCUT2D eigenvalue weighted by molar-refractivity contribution is 0.0950. The summed E-state index contributed by atoms with van der Waals surface area (Å²) in [6.07, 6.45) is 12.5. The number of unbranched alkanes of at least 4 members (excludes halogenated alkanes) is 5. The van der Waals surface area contributed by atoms with E-state index < -0.39 is 0 Å². The number of aromatic amines is 1. The van der Waals surface area contributed by atoms with E-state index in [1.165, 1.54) is 38.3 Å². The van der Waals surface area contributed by atoms with Crippen molar-refractivity contribution in [3.63, 3.8) is 0 Å². The Labute approximate surface area is 207 Å². The van der Waals surface area contributed by atoms with Gasteiger partial charge in [-0.15, -0.1) is 0 Å². The zero-order valence-corrected chi connectivity index (χ0v) is 20.5. The minimum atomic E-state index is -0.371. The number of rotatable bonds is 14. The topological polar surface area (TPSA) is 88.6 Å². The van der Waals surface area contributed by atoms with E-state index >= 15 is 0 Å². The lowest BCUT2D eigenvalue weighted by Crippen LogP contribution is -2.17. The molecule has 0 spiro atoms. The van der Waals surface area contributed by atoms with Crippen molar-refractivity contribution in [2.45, 2.75) is 45.4 Å². The third kappa shape index (κ3) is 8.45. The number of hydrogen-bond donors (Lipinski definition) is 2. The standard InChI is InChI=1S/C28H34N4O3/c1-3-4-5-6-7-10-20-35-24-17-15-22(16-18-24)25-21-26(31-30-25)28(33)32-29-19-11-13-23-12-8-9-14-27(23)34-2/h8-9,11-19,21H,3-7,10,20H2,1-2H3,(H,30,31)(H,32,33)/b13-11+,29-19-. The molecule has 7 nitrogen and oxygen atoms in total. The minimum Gasteiger partial charge on any atom is -0.496 e. The number of H-pyrrole nitrogens is 1. The van der Waals surface area contributed by atoms with Gasteiger partial charge in [-0.3, -0.25) is 9.89 Å². The summed E-state index contributed by atoms with van der Waals surface area (Å²) in [4.78, 5) is 12.3. The summed E-state index contributed by atoms with van der Waals surface area (Å²) in [6.45, 7) is 2.96. The first-order valence-electron chi connectivity index (χ1n) is 12.1. The Hall–Kier alpha value is -3.87. The highest BCUT2D eigenvalue weighted by molar-refractivity contribution is 5.94. The lowest BCUT2D eigenvalue weighted by atomic mass is 10.1. The maximum atomic E-state index is 12.3. The van der Waals surface area contributed by atoms with Crippen LogP contribution in [0.5, 0.6) is 11.5 Å². The van der Waals surface area contributed by atoms with Crippen molar-refractivity contribution in [2.75, 3.05) is 13.7 Å². The van der Waals surface area contributed by atoms with Crippen molar-refractivity contribution < 1.29 is 14.3 Å². The molecule has 35 heavy (non-hydrogen) atoms. The number of carbonyl (C=O) groups is 1. The Morgan fingerprint density at radius 3 is 2.63 bits per heavy atom. The summed E-state index contributed by atoms with van der Waals surface area (Å²) in [5.74, 6) is 1.24. The maximum absolute atomic E-state index is 12.3. The van der Waals surface area contributed by atoms with Gasteiger partial charge in [-0.05, 0) is 55.0 Å². The average molecular weight is 475 g/mol. The maximum Gasteiger partial charge on any atom is 0.289 e. The molecule has 2 N–H and O–H groups in total. The average Bonchev–Trinajstić information content (AvgIpc) is 3.39. The third-order valence-corrected chi connectivity index (χ3v) is 5.48. The summed E-state index contributed by atoms with van der Waals surface area (Å²) < 4.78 is 11.1. The van der Waals surface area contributed by atoms with Gasteiger partial charge >= 0.3 is 0 Å². The normalized spacial score (nSPS) is 11.3. The van der Waals surface area contributed by atoms with Gasteiger partial charge in [0.15, 0.2) is 0 Å². The van der Waals surface area contributed by atoms with Crippen molar-refractivity contribution in [2.24, 2.45) is 5.10 Å². The molecule has 0 saturated heterocycles. The number of hydrogen-bond acceptors (Lipinski definition) is 5. The molecule has 0 radical (unpaired) electrons. The number of nitrogens with zero attached hydrogens (tertiary/aromatic N) is 2. The van der Waals surface area contributed by atoms with E-state index in [1.54, 1.807) is 19.3 Å². The van der Waals surface area contributed by atoms with Gasteiger partial charge in [0.05, 0.1) is 19.4 Å². The van der Waals surface area contributed by atoms with E-state index in [-0.39, 0.29) is 5.91 Å². The second kappa shape index (κ2) is 14.4. The van der Waals surface area contributed by atoms with Gasteiger partial charge in [0.2, 0.25) is 0 Å². The number of aromatic nitrogens is 2. The van der Waals surface area contributed by atoms with Crippen LogP contribution in [0.1, 0.15) is 61.5 Å². The molecule has 0 unspecified atom stereocenters. The number of nitrogens with one attached hydrogen (secondary N) is 2. The van der Waals surface area contributed by atoms with Crippen LogP contribution < -0.4 is 14.9 Å². The Morgan fingerprint density at radius 2 is 1.83 bits per heavy atom. The van der Waals surface area contributed by atoms with Crippen LogP contribution in [0.15, 0.2) is 65.8 Å². The number of ether oxygens (including phenoxy) is 2. The summed E-state index contributed by atoms with van der Waals surface area (Å²) in [6, 6.07) is 17.1. The molecule has 184 valence electrons. The van der Waals surface area contributed by atoms with Crippen LogP contribution in [0.3, 0.4) is 0 Å². The number of para-hydroxylation sites is 1. The second-order valence-corrected chi connectivity index (χ2v) is 8.13. The minimum absolute atomic E-state index is 0.328. The van der Waals surface area contributed by atoms with Gasteiger partial charge in [0.25, 0.3) is 5.91 Å². The van der Waals surface area contributed by atoms with E-state index in [2.05, 4.69) is 27.6 Å². The molecule has 1 amide bonds. The molecule has 1 aromatic heterocycles. The van der Waals surface area contributed by atoms with Gasteiger partial charge in [-0.25, -0.2) is 5.43 Å². The highest BCUT2D eigenvalue weighted by atomic mass is 16.5.